The maximum absolute atomic E-state index is 7.37. The van der Waals surface area contributed by atoms with Gasteiger partial charge in [-0.2, -0.15) is 0 Å². The Morgan fingerprint density at radius 3 is 1.15 bits per heavy atom. The van der Waals surface area contributed by atoms with E-state index < -0.39 is 0 Å². The van der Waals surface area contributed by atoms with Crippen molar-refractivity contribution in [2.45, 2.75) is 360 Å². The predicted molar refractivity (Wildman–Crippen MR) is 564 cm³/mol. The van der Waals surface area contributed by atoms with Gasteiger partial charge in [0.1, 0.15) is 22.3 Å². The van der Waals surface area contributed by atoms with Crippen LogP contribution < -0.4 is 4.90 Å². The van der Waals surface area contributed by atoms with Crippen molar-refractivity contribution in [3.05, 3.63) is 280 Å². The first-order chi connectivity index (χ1) is 64.2. The first kappa shape index (κ1) is 90.2. The number of nitrogens with zero attached hydrogens (tertiary/aromatic N) is 1. The highest BCUT2D eigenvalue weighted by Gasteiger charge is 2.51. The zero-order chi connectivity index (χ0) is 90.0. The Balaban J connectivity index is 0.717. The smallest absolute Gasteiger partial charge is 0.143 e. The molecule has 5 aliphatic rings. The molecule has 3 nitrogen and oxygen atoms in total. The summed E-state index contributed by atoms with van der Waals surface area (Å²) in [5.74, 6) is 0. The molecule has 0 atom stereocenters. The topological polar surface area (TPSA) is 29.5 Å². The maximum Gasteiger partial charge on any atom is 0.143 e. The Labute approximate surface area is 786 Å². The second-order valence-electron chi connectivity index (χ2n) is 42.4. The molecule has 131 heavy (non-hydrogen) atoms. The molecule has 19 rings (SSSR count). The van der Waals surface area contributed by atoms with E-state index in [4.69, 9.17) is 8.83 Å². The fourth-order valence-electron chi connectivity index (χ4n) is 26.2. The molecule has 14 aromatic rings. The van der Waals surface area contributed by atoms with Crippen LogP contribution in [0.3, 0.4) is 0 Å². The van der Waals surface area contributed by atoms with Crippen molar-refractivity contribution in [1.82, 2.24) is 0 Å². The van der Waals surface area contributed by atoms with Crippen molar-refractivity contribution < 1.29 is 8.83 Å². The lowest BCUT2D eigenvalue weighted by Gasteiger charge is -2.35. The van der Waals surface area contributed by atoms with Gasteiger partial charge in [-0.15, -0.1) is 0 Å². The lowest BCUT2D eigenvalue weighted by Crippen LogP contribution is -2.27. The molecule has 2 aromatic heterocycles. The molecule has 3 heteroatoms. The van der Waals surface area contributed by atoms with Crippen LogP contribution in [0.15, 0.2) is 227 Å². The third kappa shape index (κ3) is 16.3. The predicted octanol–water partition coefficient (Wildman–Crippen LogP) is 39.7. The molecular weight excluding hydrogens is 1580 g/mol. The zero-order valence-corrected chi connectivity index (χ0v) is 81.8. The summed E-state index contributed by atoms with van der Waals surface area (Å²) in [5.41, 5.74) is 42.0. The molecule has 678 valence electrons. The Hall–Kier alpha value is -9.96. The van der Waals surface area contributed by atoms with Crippen molar-refractivity contribution in [1.29, 1.82) is 0 Å². The van der Waals surface area contributed by atoms with Gasteiger partial charge in [-0.1, -0.05) is 421 Å². The van der Waals surface area contributed by atoms with Gasteiger partial charge in [-0.25, -0.2) is 0 Å². The summed E-state index contributed by atoms with van der Waals surface area (Å²) in [6.07, 6.45) is 50.9. The second-order valence-corrected chi connectivity index (χ2v) is 42.4. The molecule has 0 fully saturated rings. The average molecular weight is 1730 g/mol. The summed E-state index contributed by atoms with van der Waals surface area (Å²) < 4.78 is 14.4. The van der Waals surface area contributed by atoms with Gasteiger partial charge in [-0.05, 0) is 264 Å². The van der Waals surface area contributed by atoms with Crippen molar-refractivity contribution in [2.24, 2.45) is 0 Å². The third-order valence-corrected chi connectivity index (χ3v) is 33.3. The Morgan fingerprint density at radius 1 is 0.237 bits per heavy atom. The first-order valence-corrected chi connectivity index (χ1v) is 53.0. The lowest BCUT2D eigenvalue weighted by molar-refractivity contribution is 0.394. The van der Waals surface area contributed by atoms with E-state index in [1.54, 1.807) is 33.4 Å². The monoisotopic (exact) mass is 1730 g/mol. The molecule has 0 radical (unpaired) electrons. The number of para-hydroxylation sites is 3. The van der Waals surface area contributed by atoms with Crippen LogP contribution in [-0.4, -0.2) is 0 Å². The van der Waals surface area contributed by atoms with Gasteiger partial charge in [0.25, 0.3) is 0 Å². The number of furan rings is 2. The molecule has 0 bridgehead atoms. The van der Waals surface area contributed by atoms with E-state index in [2.05, 4.69) is 299 Å². The Kier molecular flexibility index (Phi) is 26.8. The quantitative estimate of drug-likeness (QED) is 0.0356. The van der Waals surface area contributed by atoms with Gasteiger partial charge in [0.2, 0.25) is 0 Å². The normalized spacial score (nSPS) is 15.0. The molecule has 0 aliphatic heterocycles. The molecule has 0 unspecified atom stereocenters. The third-order valence-electron chi connectivity index (χ3n) is 33.3. The van der Waals surface area contributed by atoms with Gasteiger partial charge in [0, 0.05) is 71.2 Å². The van der Waals surface area contributed by atoms with Crippen LogP contribution in [0.2, 0.25) is 0 Å². The van der Waals surface area contributed by atoms with Crippen LogP contribution >= 0.6 is 0 Å². The maximum atomic E-state index is 7.37. The highest BCUT2D eigenvalue weighted by Crippen LogP contribution is 2.66. The van der Waals surface area contributed by atoms with Crippen molar-refractivity contribution in [3.8, 4) is 77.9 Å². The summed E-state index contributed by atoms with van der Waals surface area (Å²) in [4.78, 5) is 2.67. The average Bonchev–Trinajstić information content (AvgIpc) is 1.50. The highest BCUT2D eigenvalue weighted by molar-refractivity contribution is 6.19. The van der Waals surface area contributed by atoms with Gasteiger partial charge in [-0.3, -0.25) is 0 Å². The number of aryl methyl sites for hydroxylation is 1. The minimum Gasteiger partial charge on any atom is -0.456 e. The van der Waals surface area contributed by atoms with Crippen LogP contribution in [0.4, 0.5) is 17.1 Å². The van der Waals surface area contributed by atoms with E-state index >= 15 is 0 Å². The van der Waals surface area contributed by atoms with Gasteiger partial charge in [0.15, 0.2) is 0 Å². The standard InChI is InChI=1S/C128H149NO2/c1-12-18-24-30-36-50-76-127(77-51-37-31-25-19-13-2)106-72-73-118-121(100-56-42-46-60-116(100)130-118)120(106)104-87-112-103(86-113(104)127)98-70-65-93(84-111(98)128(112,78-52-38-32-26-20-14-3)79-53-39-33-27-21-15-4)129(115-59-45-40-54-88(115)7)92-66-71-99-109(83-92)125(10,11)114-85-102(123-122(119(99)114)101-57-43-47-61-117(101)131-123)91-64-69-96-95-67-62-89(80-107(95)124(8,9)108(96)82-91)90-63-68-97-94-55-41-44-58-105(94)126(110(97)81-90,74-48-34-28-22-16-5)75-49-35-29-23-17-6/h40-47,54-73,80-87H,12-39,48-53,74-79H2,1-11H3. The van der Waals surface area contributed by atoms with Crippen LogP contribution in [-0.2, 0) is 27.1 Å². The number of benzene rings is 12. The molecule has 2 heterocycles. The summed E-state index contributed by atoms with van der Waals surface area (Å²) in [6, 6.07) is 87.9. The van der Waals surface area contributed by atoms with E-state index in [0.29, 0.717) is 0 Å². The van der Waals surface area contributed by atoms with Crippen molar-refractivity contribution in [2.75, 3.05) is 4.90 Å². The highest BCUT2D eigenvalue weighted by atomic mass is 16.3. The largest absolute Gasteiger partial charge is 0.456 e. The number of hydrogen-bond donors (Lipinski definition) is 0. The molecule has 0 saturated heterocycles. The zero-order valence-electron chi connectivity index (χ0n) is 81.8. The lowest BCUT2D eigenvalue weighted by atomic mass is 9.68. The summed E-state index contributed by atoms with van der Waals surface area (Å²) in [5, 5.41) is 4.98. The van der Waals surface area contributed by atoms with E-state index in [9.17, 15) is 0 Å². The SMILES string of the molecule is CCCCCCCCC1(CCCCCCCC)c2cc(N(c3ccc4c(c3)C(C)(C)c3cc(-c5ccc6c(c5)C(C)(C)c5cc(-c7ccc8c(c7)C(CCCCCCC)(CCCCCCC)c7ccccc7-8)ccc5-6)c5oc6ccccc6c5c3-4)c3ccccc3C)ccc2-c2cc3c(cc21)-c1c(ccc2oc4ccccc4c12)C3(CCCCCCCC)CCCCCCCC. The van der Waals surface area contributed by atoms with E-state index in [1.807, 2.05) is 0 Å². The summed E-state index contributed by atoms with van der Waals surface area (Å²) >= 11 is 0. The van der Waals surface area contributed by atoms with Crippen LogP contribution in [0.25, 0.3) is 122 Å². The molecule has 0 spiro atoms. The van der Waals surface area contributed by atoms with Crippen molar-refractivity contribution >= 4 is 60.9 Å². The van der Waals surface area contributed by atoms with Crippen LogP contribution in [0.1, 0.15) is 387 Å². The number of anilines is 3. The fraction of sp³-hybridized carbons (Fsp3) is 0.438. The second kappa shape index (κ2) is 38.9. The Morgan fingerprint density at radius 2 is 0.595 bits per heavy atom. The molecule has 0 saturated carbocycles. The minimum absolute atomic E-state index is 0.0279. The molecular formula is C128H149NO2. The summed E-state index contributed by atoms with van der Waals surface area (Å²) in [7, 11) is 0. The number of unbranched alkanes of at least 4 members (excludes halogenated alkanes) is 28. The Bertz CT molecular complexity index is 6410. The van der Waals surface area contributed by atoms with E-state index in [-0.39, 0.29) is 27.1 Å². The summed E-state index contributed by atoms with van der Waals surface area (Å²) in [6.45, 7) is 26.5. The number of fused-ring (bicyclic) bond motifs is 23. The van der Waals surface area contributed by atoms with E-state index in [0.717, 1.165) is 40.7 Å². The van der Waals surface area contributed by atoms with Gasteiger partial charge in [0.05, 0.1) is 0 Å². The molecule has 0 N–H and O–H groups in total. The van der Waals surface area contributed by atoms with Gasteiger partial charge < -0.3 is 13.7 Å². The number of rotatable bonds is 45. The minimum atomic E-state index is -0.388. The van der Waals surface area contributed by atoms with Crippen LogP contribution in [0.5, 0.6) is 0 Å². The number of hydrogen-bond acceptors (Lipinski definition) is 3. The van der Waals surface area contributed by atoms with Crippen LogP contribution in [0, 0.1) is 6.92 Å². The van der Waals surface area contributed by atoms with Crippen molar-refractivity contribution in [3.63, 3.8) is 0 Å². The first-order valence-electron chi connectivity index (χ1n) is 53.0. The molecule has 0 amide bonds. The van der Waals surface area contributed by atoms with Gasteiger partial charge >= 0.3 is 0 Å². The molecule has 5 aliphatic carbocycles. The molecule has 12 aromatic carbocycles. The van der Waals surface area contributed by atoms with E-state index in [1.165, 1.54) is 383 Å². The fourth-order valence-corrected chi connectivity index (χ4v) is 26.2.